The Hall–Kier alpha value is -2.64. The number of benzene rings is 1. The van der Waals surface area contributed by atoms with Crippen LogP contribution in [0.1, 0.15) is 45.6 Å². The summed E-state index contributed by atoms with van der Waals surface area (Å²) in [6.07, 6.45) is 0.491. The van der Waals surface area contributed by atoms with Gasteiger partial charge in [-0.05, 0) is 50.8 Å². The maximum atomic E-state index is 13.6. The third kappa shape index (κ3) is 5.31. The van der Waals surface area contributed by atoms with Crippen LogP contribution in [0.5, 0.6) is 0 Å². The second kappa shape index (κ2) is 10.5. The molecule has 0 radical (unpaired) electrons. The molecule has 0 aromatic heterocycles. The quantitative estimate of drug-likeness (QED) is 0.363. The van der Waals surface area contributed by atoms with E-state index in [0.717, 1.165) is 0 Å². The van der Waals surface area contributed by atoms with Crippen LogP contribution >= 0.6 is 11.6 Å². The first-order chi connectivity index (χ1) is 15.6. The number of methoxy groups -OCH3 is 1. The number of carbonyl (C=O) groups is 3. The minimum atomic E-state index is -0.938. The monoisotopic (exact) mass is 475 g/mol. The van der Waals surface area contributed by atoms with E-state index in [1.165, 1.54) is 7.11 Å². The van der Waals surface area contributed by atoms with Gasteiger partial charge in [-0.2, -0.15) is 0 Å². The summed E-state index contributed by atoms with van der Waals surface area (Å²) < 4.78 is 15.9. The number of hydrogen-bond donors (Lipinski definition) is 1. The molecule has 2 aliphatic rings. The predicted octanol–water partition coefficient (Wildman–Crippen LogP) is 3.92. The van der Waals surface area contributed by atoms with Crippen molar-refractivity contribution in [1.29, 1.82) is 0 Å². The number of esters is 2. The molecule has 1 aromatic carbocycles. The van der Waals surface area contributed by atoms with Gasteiger partial charge in [-0.1, -0.05) is 30.7 Å². The Bertz CT molecular complexity index is 1010. The maximum absolute atomic E-state index is 13.6. The van der Waals surface area contributed by atoms with Crippen molar-refractivity contribution in [2.75, 3.05) is 20.3 Å². The molecule has 1 aromatic rings. The number of Topliss-reactive ketones (excluding diaryl/α,β-unsaturated/α-hetero) is 1. The molecule has 3 atom stereocenters. The molecule has 1 aliphatic heterocycles. The highest BCUT2D eigenvalue weighted by Gasteiger charge is 2.47. The van der Waals surface area contributed by atoms with E-state index >= 15 is 0 Å². The van der Waals surface area contributed by atoms with E-state index in [2.05, 4.69) is 5.32 Å². The summed E-state index contributed by atoms with van der Waals surface area (Å²) in [7, 11) is 1.27. The van der Waals surface area contributed by atoms with E-state index in [1.54, 1.807) is 25.1 Å². The van der Waals surface area contributed by atoms with Crippen LogP contribution in [0.15, 0.2) is 46.8 Å². The van der Waals surface area contributed by atoms with Crippen LogP contribution in [0.25, 0.3) is 0 Å². The lowest BCUT2D eigenvalue weighted by Gasteiger charge is -2.38. The molecule has 8 heteroatoms. The molecule has 33 heavy (non-hydrogen) atoms. The normalized spacial score (nSPS) is 22.8. The van der Waals surface area contributed by atoms with E-state index in [-0.39, 0.29) is 31.0 Å². The summed E-state index contributed by atoms with van der Waals surface area (Å²) in [5, 5.41) is 3.71. The van der Waals surface area contributed by atoms with Gasteiger partial charge >= 0.3 is 11.9 Å². The van der Waals surface area contributed by atoms with E-state index < -0.39 is 23.8 Å². The highest BCUT2D eigenvalue weighted by Crippen LogP contribution is 2.45. The van der Waals surface area contributed by atoms with Gasteiger partial charge in [0.15, 0.2) is 5.78 Å². The number of rotatable bonds is 7. The van der Waals surface area contributed by atoms with Crippen molar-refractivity contribution in [2.24, 2.45) is 11.8 Å². The van der Waals surface area contributed by atoms with Crippen molar-refractivity contribution in [2.45, 2.75) is 46.1 Å². The number of nitrogens with one attached hydrogen (secondary N) is 1. The largest absolute Gasteiger partial charge is 0.468 e. The highest BCUT2D eigenvalue weighted by molar-refractivity contribution is 6.30. The average Bonchev–Trinajstić information content (AvgIpc) is 2.75. The lowest BCUT2D eigenvalue weighted by molar-refractivity contribution is -0.151. The van der Waals surface area contributed by atoms with Crippen LogP contribution in [0.4, 0.5) is 0 Å². The predicted molar refractivity (Wildman–Crippen MR) is 123 cm³/mol. The zero-order valence-corrected chi connectivity index (χ0v) is 20.3. The van der Waals surface area contributed by atoms with Gasteiger partial charge in [-0.3, -0.25) is 9.59 Å². The molecule has 0 spiro atoms. The van der Waals surface area contributed by atoms with Gasteiger partial charge in [-0.25, -0.2) is 4.79 Å². The zero-order chi connectivity index (χ0) is 24.3. The molecule has 0 fully saturated rings. The topological polar surface area (TPSA) is 90.9 Å². The van der Waals surface area contributed by atoms with Gasteiger partial charge in [0, 0.05) is 27.9 Å². The number of hydrogen-bond acceptors (Lipinski definition) is 7. The van der Waals surface area contributed by atoms with Crippen LogP contribution in [0.2, 0.25) is 5.02 Å². The fraction of sp³-hybridized carbons (Fsp3) is 0.480. The van der Waals surface area contributed by atoms with E-state index in [0.29, 0.717) is 39.5 Å². The van der Waals surface area contributed by atoms with Crippen LogP contribution in [0, 0.1) is 11.8 Å². The van der Waals surface area contributed by atoms with Crippen molar-refractivity contribution < 1.29 is 28.6 Å². The molecule has 0 saturated heterocycles. The lowest BCUT2D eigenvalue weighted by Crippen LogP contribution is -2.43. The molecule has 3 rings (SSSR count). The third-order valence-electron chi connectivity index (χ3n) is 5.91. The van der Waals surface area contributed by atoms with E-state index in [1.807, 2.05) is 26.8 Å². The molecule has 7 nitrogen and oxygen atoms in total. The first-order valence-electron chi connectivity index (χ1n) is 11.0. The van der Waals surface area contributed by atoms with Crippen molar-refractivity contribution in [3.8, 4) is 0 Å². The second-order valence-corrected chi connectivity index (χ2v) is 9.08. The molecule has 178 valence electrons. The SMILES string of the molecule is COC(=O)[C@@H]1C(=O)C2=C(C[C@@H]1C)NC(C)=C(C(=O)OCCOC(C)C)[C@H]2c1cccc(Cl)c1. The lowest BCUT2D eigenvalue weighted by atomic mass is 9.69. The summed E-state index contributed by atoms with van der Waals surface area (Å²) >= 11 is 6.26. The minimum Gasteiger partial charge on any atom is -0.468 e. The molecule has 1 heterocycles. The fourth-order valence-corrected chi connectivity index (χ4v) is 4.67. The minimum absolute atomic E-state index is 0.0185. The number of carbonyl (C=O) groups excluding carboxylic acids is 3. The van der Waals surface area contributed by atoms with Gasteiger partial charge in [0.2, 0.25) is 0 Å². The third-order valence-corrected chi connectivity index (χ3v) is 6.15. The summed E-state index contributed by atoms with van der Waals surface area (Å²) in [6.45, 7) is 7.77. The molecule has 1 N–H and O–H groups in total. The summed E-state index contributed by atoms with van der Waals surface area (Å²) in [5.41, 5.74) is 2.67. The van der Waals surface area contributed by atoms with E-state index in [9.17, 15) is 14.4 Å². The second-order valence-electron chi connectivity index (χ2n) is 8.65. The van der Waals surface area contributed by atoms with Crippen molar-refractivity contribution in [3.63, 3.8) is 0 Å². The standard InChI is InChI=1S/C25H30ClNO6/c1-13(2)32-9-10-33-25(30)20-15(4)27-18-11-14(3)19(24(29)31-5)23(28)22(18)21(20)16-7-6-8-17(26)12-16/h6-8,12-14,19,21,27H,9-11H2,1-5H3/t14-,19-,21+/m0/s1. The van der Waals surface area contributed by atoms with Crippen LogP contribution < -0.4 is 5.32 Å². The van der Waals surface area contributed by atoms with Gasteiger partial charge < -0.3 is 19.5 Å². The Kier molecular flexibility index (Phi) is 7.97. The molecule has 0 saturated carbocycles. The smallest absolute Gasteiger partial charge is 0.336 e. The number of ether oxygens (including phenoxy) is 3. The number of halogens is 1. The average molecular weight is 476 g/mol. The van der Waals surface area contributed by atoms with Crippen molar-refractivity contribution in [1.82, 2.24) is 5.32 Å². The zero-order valence-electron chi connectivity index (χ0n) is 19.6. The van der Waals surface area contributed by atoms with Gasteiger partial charge in [0.1, 0.15) is 12.5 Å². The number of ketones is 1. The maximum Gasteiger partial charge on any atom is 0.336 e. The summed E-state index contributed by atoms with van der Waals surface area (Å²) in [6, 6.07) is 7.03. The Labute approximate surface area is 199 Å². The molecule has 0 bridgehead atoms. The Balaban J connectivity index is 2.04. The van der Waals surface area contributed by atoms with Crippen LogP contribution in [0.3, 0.4) is 0 Å². The van der Waals surface area contributed by atoms with Crippen molar-refractivity contribution >= 4 is 29.3 Å². The molecule has 0 unspecified atom stereocenters. The van der Waals surface area contributed by atoms with Crippen LogP contribution in [-0.4, -0.2) is 44.1 Å². The highest BCUT2D eigenvalue weighted by atomic mass is 35.5. The summed E-state index contributed by atoms with van der Waals surface area (Å²) in [5.74, 6) is -3.38. The van der Waals surface area contributed by atoms with E-state index in [4.69, 9.17) is 25.8 Å². The molecular weight excluding hydrogens is 446 g/mol. The molecular formula is C25H30ClNO6. The molecule has 0 amide bonds. The first kappa shape index (κ1) is 25.0. The Morgan fingerprint density at radius 3 is 2.61 bits per heavy atom. The van der Waals surface area contributed by atoms with Gasteiger partial charge in [0.05, 0.1) is 25.4 Å². The molecule has 1 aliphatic carbocycles. The first-order valence-corrected chi connectivity index (χ1v) is 11.4. The Morgan fingerprint density at radius 1 is 1.24 bits per heavy atom. The number of dihydropyridines is 1. The fourth-order valence-electron chi connectivity index (χ4n) is 4.47. The van der Waals surface area contributed by atoms with Crippen LogP contribution in [-0.2, 0) is 28.6 Å². The van der Waals surface area contributed by atoms with Gasteiger partial charge in [0.25, 0.3) is 0 Å². The number of allylic oxidation sites excluding steroid dienone is 3. The van der Waals surface area contributed by atoms with Crippen molar-refractivity contribution in [3.05, 3.63) is 57.4 Å². The Morgan fingerprint density at radius 2 is 1.97 bits per heavy atom. The van der Waals surface area contributed by atoms with Gasteiger partial charge in [-0.15, -0.1) is 0 Å². The summed E-state index contributed by atoms with van der Waals surface area (Å²) in [4.78, 5) is 39.3.